The van der Waals surface area contributed by atoms with Crippen LogP contribution in [-0.4, -0.2) is 37.5 Å². The van der Waals surface area contributed by atoms with Crippen molar-refractivity contribution in [3.8, 4) is 6.07 Å². The first kappa shape index (κ1) is 12.0. The summed E-state index contributed by atoms with van der Waals surface area (Å²) in [5, 5.41) is 11.3. The number of nitriles is 1. The van der Waals surface area contributed by atoms with Crippen molar-refractivity contribution in [3.05, 3.63) is 0 Å². The van der Waals surface area contributed by atoms with Gasteiger partial charge in [0.1, 0.15) is 0 Å². The number of rotatable bonds is 6. The second-order valence-electron chi connectivity index (χ2n) is 4.31. The van der Waals surface area contributed by atoms with Crippen molar-refractivity contribution < 1.29 is 4.79 Å². The van der Waals surface area contributed by atoms with E-state index < -0.39 is 0 Å². The summed E-state index contributed by atoms with van der Waals surface area (Å²) in [6.45, 7) is 4.23. The molecule has 0 radical (unpaired) electrons. The molecule has 1 amide bonds. The van der Waals surface area contributed by atoms with E-state index in [0.29, 0.717) is 13.0 Å². The molecule has 84 valence electrons. The molecule has 0 aromatic carbocycles. The van der Waals surface area contributed by atoms with Gasteiger partial charge in [-0.25, -0.2) is 0 Å². The highest BCUT2D eigenvalue weighted by atomic mass is 16.1. The van der Waals surface area contributed by atoms with Crippen LogP contribution in [0.15, 0.2) is 0 Å². The Morgan fingerprint density at radius 3 is 2.67 bits per heavy atom. The molecule has 1 rings (SSSR count). The van der Waals surface area contributed by atoms with Crippen LogP contribution < -0.4 is 5.32 Å². The summed E-state index contributed by atoms with van der Waals surface area (Å²) in [6, 6.07) is 2.24. The van der Waals surface area contributed by atoms with Gasteiger partial charge in [0.2, 0.25) is 5.91 Å². The highest BCUT2D eigenvalue weighted by molar-refractivity contribution is 5.77. The van der Waals surface area contributed by atoms with Crippen LogP contribution in [0.25, 0.3) is 0 Å². The first-order chi connectivity index (χ1) is 7.15. The average Bonchev–Trinajstić information content (AvgIpc) is 2.97. The summed E-state index contributed by atoms with van der Waals surface area (Å²) in [5.41, 5.74) is 0.193. The summed E-state index contributed by atoms with van der Waals surface area (Å²) >= 11 is 0. The number of hydrogen-bond donors (Lipinski definition) is 1. The number of hydrogen-bond acceptors (Lipinski definition) is 3. The molecule has 0 unspecified atom stereocenters. The van der Waals surface area contributed by atoms with Gasteiger partial charge in [-0.15, -0.1) is 0 Å². The Bertz CT molecular complexity index is 265. The van der Waals surface area contributed by atoms with Crippen LogP contribution in [0.1, 0.15) is 26.2 Å². The van der Waals surface area contributed by atoms with Gasteiger partial charge >= 0.3 is 0 Å². The molecule has 1 saturated carbocycles. The van der Waals surface area contributed by atoms with Crippen molar-refractivity contribution in [1.82, 2.24) is 10.2 Å². The van der Waals surface area contributed by atoms with Crippen molar-refractivity contribution in [2.75, 3.05) is 26.7 Å². The zero-order valence-electron chi connectivity index (χ0n) is 9.55. The number of amides is 1. The lowest BCUT2D eigenvalue weighted by molar-refractivity contribution is -0.121. The molecule has 1 aliphatic carbocycles. The van der Waals surface area contributed by atoms with Crippen molar-refractivity contribution in [2.45, 2.75) is 26.2 Å². The maximum atomic E-state index is 11.2. The molecule has 1 aliphatic rings. The predicted molar refractivity (Wildman–Crippen MR) is 58.1 cm³/mol. The smallest absolute Gasteiger partial charge is 0.233 e. The fraction of sp³-hybridized carbons (Fsp3) is 0.818. The largest absolute Gasteiger partial charge is 0.358 e. The summed E-state index contributed by atoms with van der Waals surface area (Å²) < 4.78 is 0. The molecule has 4 heteroatoms. The molecule has 0 spiro atoms. The average molecular weight is 209 g/mol. The molecule has 0 heterocycles. The number of likely N-dealkylation sites (N-methyl/N-ethyl adjacent to an activating group) is 2. The topological polar surface area (TPSA) is 56.1 Å². The van der Waals surface area contributed by atoms with Crippen molar-refractivity contribution in [3.63, 3.8) is 0 Å². The fourth-order valence-corrected chi connectivity index (χ4v) is 1.77. The molecule has 4 nitrogen and oxygen atoms in total. The van der Waals surface area contributed by atoms with E-state index in [2.05, 4.69) is 16.3 Å². The third kappa shape index (κ3) is 3.52. The second-order valence-corrected chi connectivity index (χ2v) is 4.31. The number of carbonyl (C=O) groups excluding carboxylic acids is 1. The molecule has 0 saturated heterocycles. The van der Waals surface area contributed by atoms with Crippen molar-refractivity contribution >= 4 is 5.91 Å². The third-order valence-electron chi connectivity index (χ3n) is 3.06. The van der Waals surface area contributed by atoms with Gasteiger partial charge in [-0.3, -0.25) is 9.69 Å². The molecule has 0 aromatic rings. The summed E-state index contributed by atoms with van der Waals surface area (Å²) in [5.74, 6) is 0.0459. The van der Waals surface area contributed by atoms with E-state index in [9.17, 15) is 4.79 Å². The molecular weight excluding hydrogens is 190 g/mol. The van der Waals surface area contributed by atoms with E-state index in [1.807, 2.05) is 6.92 Å². The minimum Gasteiger partial charge on any atom is -0.358 e. The zero-order valence-corrected chi connectivity index (χ0v) is 9.55. The van der Waals surface area contributed by atoms with Gasteiger partial charge < -0.3 is 5.32 Å². The fourth-order valence-electron chi connectivity index (χ4n) is 1.77. The van der Waals surface area contributed by atoms with Crippen molar-refractivity contribution in [1.29, 1.82) is 5.26 Å². The van der Waals surface area contributed by atoms with Gasteiger partial charge in [0, 0.05) is 20.0 Å². The van der Waals surface area contributed by atoms with E-state index in [0.717, 1.165) is 25.9 Å². The molecule has 1 N–H and O–H groups in total. The Morgan fingerprint density at radius 2 is 2.27 bits per heavy atom. The van der Waals surface area contributed by atoms with Gasteiger partial charge in [-0.2, -0.15) is 5.26 Å². The normalized spacial score (nSPS) is 17.2. The summed E-state index contributed by atoms with van der Waals surface area (Å²) in [7, 11) is 1.65. The Hall–Kier alpha value is -1.08. The molecule has 1 fully saturated rings. The van der Waals surface area contributed by atoms with Crippen LogP contribution >= 0.6 is 0 Å². The van der Waals surface area contributed by atoms with Gasteiger partial charge in [-0.05, 0) is 24.8 Å². The Labute approximate surface area is 91.2 Å². The van der Waals surface area contributed by atoms with Crippen LogP contribution in [-0.2, 0) is 4.79 Å². The number of nitrogens with one attached hydrogen (secondary N) is 1. The van der Waals surface area contributed by atoms with E-state index in [1.54, 1.807) is 7.05 Å². The highest BCUT2D eigenvalue weighted by Crippen LogP contribution is 2.48. The van der Waals surface area contributed by atoms with Crippen LogP contribution in [0.5, 0.6) is 0 Å². The number of carbonyl (C=O) groups is 1. The Kier molecular flexibility index (Phi) is 4.10. The van der Waals surface area contributed by atoms with E-state index in [-0.39, 0.29) is 11.3 Å². The third-order valence-corrected chi connectivity index (χ3v) is 3.06. The highest BCUT2D eigenvalue weighted by Gasteiger charge is 2.43. The maximum absolute atomic E-state index is 11.2. The predicted octanol–water partition coefficient (Wildman–Crippen LogP) is 0.748. The first-order valence-corrected chi connectivity index (χ1v) is 5.45. The molecule has 0 aliphatic heterocycles. The lowest BCUT2D eigenvalue weighted by atomic mass is 10.0. The van der Waals surface area contributed by atoms with Gasteiger partial charge in [-0.1, -0.05) is 6.92 Å². The van der Waals surface area contributed by atoms with Gasteiger partial charge in [0.15, 0.2) is 0 Å². The monoisotopic (exact) mass is 209 g/mol. The van der Waals surface area contributed by atoms with Crippen LogP contribution in [0.3, 0.4) is 0 Å². The lowest BCUT2D eigenvalue weighted by Crippen LogP contribution is -2.38. The number of nitrogens with zero attached hydrogens (tertiary/aromatic N) is 2. The minimum absolute atomic E-state index is 0.0459. The van der Waals surface area contributed by atoms with Crippen LogP contribution in [0, 0.1) is 16.7 Å². The molecular formula is C11H19N3O. The minimum atomic E-state index is 0.0459. The van der Waals surface area contributed by atoms with Crippen LogP contribution in [0.4, 0.5) is 0 Å². The van der Waals surface area contributed by atoms with Gasteiger partial charge in [0.05, 0.1) is 12.6 Å². The quantitative estimate of drug-likeness (QED) is 0.702. The maximum Gasteiger partial charge on any atom is 0.233 e. The summed E-state index contributed by atoms with van der Waals surface area (Å²) in [6.07, 6.45) is 2.88. The molecule has 0 atom stereocenters. The summed E-state index contributed by atoms with van der Waals surface area (Å²) in [4.78, 5) is 13.3. The zero-order chi connectivity index (χ0) is 11.3. The van der Waals surface area contributed by atoms with E-state index >= 15 is 0 Å². The molecule has 15 heavy (non-hydrogen) atoms. The lowest BCUT2D eigenvalue weighted by Gasteiger charge is -2.23. The Balaban J connectivity index is 2.40. The standard InChI is InChI=1S/C11H19N3O/c1-3-14(8-10(15)13-2)9-11(4-5-11)6-7-12/h3-6,8-9H2,1-2H3,(H,13,15). The second kappa shape index (κ2) is 5.13. The van der Waals surface area contributed by atoms with Crippen LogP contribution in [0.2, 0.25) is 0 Å². The molecule has 0 aromatic heterocycles. The molecule has 0 bridgehead atoms. The van der Waals surface area contributed by atoms with Gasteiger partial charge in [0.25, 0.3) is 0 Å². The van der Waals surface area contributed by atoms with Crippen molar-refractivity contribution in [2.24, 2.45) is 5.41 Å². The van der Waals surface area contributed by atoms with E-state index in [4.69, 9.17) is 5.26 Å². The van der Waals surface area contributed by atoms with E-state index in [1.165, 1.54) is 0 Å². The first-order valence-electron chi connectivity index (χ1n) is 5.45. The Morgan fingerprint density at radius 1 is 1.60 bits per heavy atom. The SMILES string of the molecule is CCN(CC(=O)NC)CC1(CC#N)CC1.